The summed E-state index contributed by atoms with van der Waals surface area (Å²) in [6.45, 7) is 3.43. The number of rotatable bonds is 3. The van der Waals surface area contributed by atoms with Gasteiger partial charge >= 0.3 is 0 Å². The molecule has 0 saturated carbocycles. The van der Waals surface area contributed by atoms with Gasteiger partial charge in [-0.2, -0.15) is 0 Å². The Bertz CT molecular complexity index is 584. The number of ketones is 1. The lowest BCUT2D eigenvalue weighted by atomic mass is 10.1. The number of nitrogens with one attached hydrogen (secondary N) is 1. The molecule has 0 saturated heterocycles. The molecule has 0 radical (unpaired) electrons. The fraction of sp³-hybridized carbons (Fsp3) is 0.143. The number of hydrogen-bond donors (Lipinski definition) is 1. The molecule has 1 aromatic heterocycles. The van der Waals surface area contributed by atoms with Gasteiger partial charge in [0.15, 0.2) is 0 Å². The fourth-order valence-corrected chi connectivity index (χ4v) is 2.44. The topological polar surface area (TPSA) is 46.2 Å². The van der Waals surface area contributed by atoms with E-state index in [1.165, 1.54) is 18.3 Å². The van der Waals surface area contributed by atoms with E-state index < -0.39 is 0 Å². The molecule has 2 aromatic rings. The maximum Gasteiger partial charge on any atom is 0.221 e. The molecule has 1 heterocycles. The predicted molar refractivity (Wildman–Crippen MR) is 73.2 cm³/mol. The van der Waals surface area contributed by atoms with E-state index in [1.807, 2.05) is 19.1 Å². The second kappa shape index (κ2) is 5.14. The number of amides is 1. The van der Waals surface area contributed by atoms with Gasteiger partial charge in [0.1, 0.15) is 0 Å². The molecule has 0 spiro atoms. The molecule has 0 fully saturated rings. The SMILES string of the molecule is CC(=O)Nc1ccc(C(=O)c2ccc(C)s2)cc1. The van der Waals surface area contributed by atoms with Crippen LogP contribution in [0.2, 0.25) is 0 Å². The molecule has 0 bridgehead atoms. The van der Waals surface area contributed by atoms with Crippen molar-refractivity contribution in [2.45, 2.75) is 13.8 Å². The van der Waals surface area contributed by atoms with E-state index in [9.17, 15) is 9.59 Å². The highest BCUT2D eigenvalue weighted by Crippen LogP contribution is 2.20. The van der Waals surface area contributed by atoms with Gasteiger partial charge in [-0.3, -0.25) is 9.59 Å². The molecule has 1 amide bonds. The van der Waals surface area contributed by atoms with Gasteiger partial charge in [-0.15, -0.1) is 11.3 Å². The lowest BCUT2D eigenvalue weighted by Gasteiger charge is -2.03. The highest BCUT2D eigenvalue weighted by Gasteiger charge is 2.10. The lowest BCUT2D eigenvalue weighted by Crippen LogP contribution is -2.06. The molecule has 0 aliphatic carbocycles. The monoisotopic (exact) mass is 259 g/mol. The summed E-state index contributed by atoms with van der Waals surface area (Å²) in [5.41, 5.74) is 1.33. The van der Waals surface area contributed by atoms with E-state index in [1.54, 1.807) is 24.3 Å². The summed E-state index contributed by atoms with van der Waals surface area (Å²) in [5.74, 6) is -0.106. The van der Waals surface area contributed by atoms with Crippen molar-refractivity contribution in [3.05, 3.63) is 51.7 Å². The Morgan fingerprint density at radius 1 is 1.06 bits per heavy atom. The third-order valence-corrected chi connectivity index (χ3v) is 3.43. The van der Waals surface area contributed by atoms with Crippen LogP contribution in [0.25, 0.3) is 0 Å². The normalized spacial score (nSPS) is 10.1. The summed E-state index contributed by atoms with van der Waals surface area (Å²) >= 11 is 1.49. The van der Waals surface area contributed by atoms with Crippen LogP contribution in [0.3, 0.4) is 0 Å². The average Bonchev–Trinajstić information content (AvgIpc) is 2.75. The van der Waals surface area contributed by atoms with Gasteiger partial charge in [-0.25, -0.2) is 0 Å². The number of carbonyl (C=O) groups excluding carboxylic acids is 2. The number of benzene rings is 1. The van der Waals surface area contributed by atoms with Crippen molar-refractivity contribution in [2.24, 2.45) is 0 Å². The molecule has 1 N–H and O–H groups in total. The Balaban J connectivity index is 2.19. The zero-order valence-electron chi connectivity index (χ0n) is 10.2. The summed E-state index contributed by atoms with van der Waals surface area (Å²) in [6, 6.07) is 10.7. The van der Waals surface area contributed by atoms with Crippen molar-refractivity contribution in [1.82, 2.24) is 0 Å². The van der Waals surface area contributed by atoms with Crippen LogP contribution in [0.5, 0.6) is 0 Å². The first-order chi connectivity index (χ1) is 8.56. The van der Waals surface area contributed by atoms with Crippen LogP contribution in [0.4, 0.5) is 5.69 Å². The summed E-state index contributed by atoms with van der Waals surface area (Å²) in [6.07, 6.45) is 0. The van der Waals surface area contributed by atoms with Crippen LogP contribution < -0.4 is 5.32 Å². The van der Waals surface area contributed by atoms with E-state index in [0.717, 1.165) is 9.75 Å². The largest absolute Gasteiger partial charge is 0.326 e. The van der Waals surface area contributed by atoms with E-state index in [2.05, 4.69) is 5.32 Å². The van der Waals surface area contributed by atoms with E-state index in [4.69, 9.17) is 0 Å². The van der Waals surface area contributed by atoms with Gasteiger partial charge < -0.3 is 5.32 Å². The molecule has 4 heteroatoms. The molecule has 0 atom stereocenters. The van der Waals surface area contributed by atoms with Crippen molar-refractivity contribution in [1.29, 1.82) is 0 Å². The van der Waals surface area contributed by atoms with E-state index >= 15 is 0 Å². The molecule has 2 rings (SSSR count). The average molecular weight is 259 g/mol. The number of anilines is 1. The van der Waals surface area contributed by atoms with Crippen LogP contribution in [0, 0.1) is 6.92 Å². The van der Waals surface area contributed by atoms with Crippen LogP contribution in [-0.4, -0.2) is 11.7 Å². The Kier molecular flexibility index (Phi) is 3.58. The first-order valence-corrected chi connectivity index (χ1v) is 6.37. The Labute approximate surface area is 109 Å². The molecular formula is C14H13NO2S. The number of aryl methyl sites for hydroxylation is 1. The maximum absolute atomic E-state index is 12.1. The zero-order chi connectivity index (χ0) is 13.1. The van der Waals surface area contributed by atoms with Gasteiger partial charge in [0.25, 0.3) is 0 Å². The van der Waals surface area contributed by atoms with Gasteiger partial charge in [-0.05, 0) is 43.3 Å². The first-order valence-electron chi connectivity index (χ1n) is 5.55. The molecule has 18 heavy (non-hydrogen) atoms. The van der Waals surface area contributed by atoms with Crippen molar-refractivity contribution >= 4 is 28.7 Å². The number of carbonyl (C=O) groups is 2. The van der Waals surface area contributed by atoms with Gasteiger partial charge in [0, 0.05) is 23.1 Å². The highest BCUT2D eigenvalue weighted by molar-refractivity contribution is 7.14. The highest BCUT2D eigenvalue weighted by atomic mass is 32.1. The van der Waals surface area contributed by atoms with Crippen molar-refractivity contribution in [3.63, 3.8) is 0 Å². The molecule has 0 aliphatic rings. The first kappa shape index (κ1) is 12.5. The third kappa shape index (κ3) is 2.84. The summed E-state index contributed by atoms with van der Waals surface area (Å²) < 4.78 is 0. The number of thiophene rings is 1. The molecule has 0 aliphatic heterocycles. The maximum atomic E-state index is 12.1. The Morgan fingerprint density at radius 2 is 1.72 bits per heavy atom. The second-order valence-electron chi connectivity index (χ2n) is 4.00. The summed E-state index contributed by atoms with van der Waals surface area (Å²) in [7, 11) is 0. The Morgan fingerprint density at radius 3 is 2.22 bits per heavy atom. The smallest absolute Gasteiger partial charge is 0.221 e. The van der Waals surface area contributed by atoms with Crippen LogP contribution in [-0.2, 0) is 4.79 Å². The summed E-state index contributed by atoms with van der Waals surface area (Å²) in [4.78, 5) is 24.9. The number of hydrogen-bond acceptors (Lipinski definition) is 3. The second-order valence-corrected chi connectivity index (χ2v) is 5.29. The molecule has 3 nitrogen and oxygen atoms in total. The Hall–Kier alpha value is -1.94. The minimum Gasteiger partial charge on any atom is -0.326 e. The van der Waals surface area contributed by atoms with Crippen LogP contribution in [0.1, 0.15) is 27.0 Å². The molecule has 1 aromatic carbocycles. The minimum atomic E-state index is -0.122. The molecular weight excluding hydrogens is 246 g/mol. The fourth-order valence-electron chi connectivity index (χ4n) is 1.61. The van der Waals surface area contributed by atoms with Crippen molar-refractivity contribution < 1.29 is 9.59 Å². The van der Waals surface area contributed by atoms with Crippen molar-refractivity contribution in [3.8, 4) is 0 Å². The van der Waals surface area contributed by atoms with Crippen LogP contribution >= 0.6 is 11.3 Å². The quantitative estimate of drug-likeness (QED) is 0.860. The lowest BCUT2D eigenvalue weighted by molar-refractivity contribution is -0.114. The third-order valence-electron chi connectivity index (χ3n) is 2.43. The zero-order valence-corrected chi connectivity index (χ0v) is 11.0. The standard InChI is InChI=1S/C14H13NO2S/c1-9-3-8-13(18-9)14(17)11-4-6-12(7-5-11)15-10(2)16/h3-8H,1-2H3,(H,15,16). The minimum absolute atomic E-state index is 0.0162. The van der Waals surface area contributed by atoms with Gasteiger partial charge in [0.2, 0.25) is 11.7 Å². The molecule has 92 valence electrons. The van der Waals surface area contributed by atoms with Crippen molar-refractivity contribution in [2.75, 3.05) is 5.32 Å². The van der Waals surface area contributed by atoms with E-state index in [0.29, 0.717) is 11.3 Å². The van der Waals surface area contributed by atoms with Gasteiger partial charge in [-0.1, -0.05) is 0 Å². The van der Waals surface area contributed by atoms with Crippen LogP contribution in [0.15, 0.2) is 36.4 Å². The van der Waals surface area contributed by atoms with Gasteiger partial charge in [0.05, 0.1) is 4.88 Å². The molecule has 0 unspecified atom stereocenters. The summed E-state index contributed by atoms with van der Waals surface area (Å²) in [5, 5.41) is 2.67. The van der Waals surface area contributed by atoms with E-state index in [-0.39, 0.29) is 11.7 Å². The predicted octanol–water partition coefficient (Wildman–Crippen LogP) is 3.25.